The molecule has 0 radical (unpaired) electrons. The number of carbonyl (C=O) groups is 2. The van der Waals surface area contributed by atoms with Crippen LogP contribution in [0.3, 0.4) is 0 Å². The highest BCUT2D eigenvalue weighted by atomic mass is 32.1. The number of ether oxygens (including phenoxy) is 1. The van der Waals surface area contributed by atoms with Gasteiger partial charge in [-0.3, -0.25) is 4.79 Å². The van der Waals surface area contributed by atoms with Crippen molar-refractivity contribution in [2.24, 2.45) is 0 Å². The van der Waals surface area contributed by atoms with Crippen molar-refractivity contribution < 1.29 is 18.7 Å². The molecular formula is C19H22FNO3S. The van der Waals surface area contributed by atoms with Gasteiger partial charge in [-0.25, -0.2) is 9.18 Å². The summed E-state index contributed by atoms with van der Waals surface area (Å²) in [7, 11) is 0. The predicted molar refractivity (Wildman–Crippen MR) is 98.0 cm³/mol. The third kappa shape index (κ3) is 4.07. The Bertz CT molecular complexity index is 768. The summed E-state index contributed by atoms with van der Waals surface area (Å²) in [6, 6.07) is 5.31. The average Bonchev–Trinajstić information content (AvgIpc) is 2.93. The number of fused-ring (bicyclic) bond motifs is 1. The van der Waals surface area contributed by atoms with E-state index in [1.165, 1.54) is 35.6 Å². The largest absolute Gasteiger partial charge is 0.462 e. The monoisotopic (exact) mass is 363 g/mol. The van der Waals surface area contributed by atoms with Crippen molar-refractivity contribution in [3.05, 3.63) is 51.7 Å². The second-order valence-electron chi connectivity index (χ2n) is 5.60. The lowest BCUT2D eigenvalue weighted by atomic mass is 9.95. The average molecular weight is 363 g/mol. The minimum atomic E-state index is -0.398. The molecule has 3 rings (SSSR count). The molecule has 0 bridgehead atoms. The van der Waals surface area contributed by atoms with Crippen LogP contribution in [0.25, 0.3) is 0 Å². The number of anilines is 1. The fourth-order valence-electron chi connectivity index (χ4n) is 2.85. The van der Waals surface area contributed by atoms with Crippen LogP contribution in [-0.2, 0) is 17.6 Å². The fraction of sp³-hybridized carbons (Fsp3) is 0.368. The summed E-state index contributed by atoms with van der Waals surface area (Å²) in [6.45, 7) is 2.04. The van der Waals surface area contributed by atoms with Crippen LogP contribution < -0.4 is 5.32 Å². The number of hydrogen-bond acceptors (Lipinski definition) is 4. The molecule has 1 N–H and O–H groups in total. The van der Waals surface area contributed by atoms with Crippen molar-refractivity contribution in [1.82, 2.24) is 0 Å². The number of aryl methyl sites for hydroxylation is 1. The zero-order valence-corrected chi connectivity index (χ0v) is 14.2. The maximum atomic E-state index is 13.0. The number of benzene rings is 1. The summed E-state index contributed by atoms with van der Waals surface area (Å²) < 4.78 is 18.2. The molecule has 0 saturated carbocycles. The number of rotatable bonds is 4. The van der Waals surface area contributed by atoms with E-state index < -0.39 is 11.8 Å². The van der Waals surface area contributed by atoms with E-state index in [0.29, 0.717) is 16.1 Å². The van der Waals surface area contributed by atoms with Crippen LogP contribution in [0.4, 0.5) is 9.39 Å². The first-order valence-corrected chi connectivity index (χ1v) is 8.80. The second kappa shape index (κ2) is 8.25. The number of carbonyl (C=O) groups excluding carboxylic acids is 2. The van der Waals surface area contributed by atoms with Gasteiger partial charge in [0.05, 0.1) is 12.2 Å². The minimum Gasteiger partial charge on any atom is -0.462 e. The molecule has 0 unspecified atom stereocenters. The number of esters is 1. The first kappa shape index (κ1) is 19.1. The second-order valence-corrected chi connectivity index (χ2v) is 6.70. The van der Waals surface area contributed by atoms with Gasteiger partial charge in [-0.15, -0.1) is 11.3 Å². The van der Waals surface area contributed by atoms with Crippen LogP contribution in [0.2, 0.25) is 0 Å². The van der Waals surface area contributed by atoms with E-state index >= 15 is 0 Å². The van der Waals surface area contributed by atoms with Gasteiger partial charge in [-0.2, -0.15) is 0 Å². The molecule has 4 nitrogen and oxygen atoms in total. The fourth-order valence-corrected chi connectivity index (χ4v) is 4.12. The number of amides is 1. The predicted octanol–water partition coefficient (Wildman–Crippen LogP) is 4.83. The molecular weight excluding hydrogens is 341 g/mol. The van der Waals surface area contributed by atoms with Crippen molar-refractivity contribution in [1.29, 1.82) is 0 Å². The van der Waals surface area contributed by atoms with E-state index in [1.807, 2.05) is 0 Å². The standard InChI is InChI=1S/C18H18FNO3S.CH4/c1-2-23-18(22)15-13-5-3-4-6-14(13)24-17(15)20-16(21)11-7-9-12(19)10-8-11;/h7-10H,2-6H2,1H3,(H,20,21);1H4. The molecule has 1 amide bonds. The van der Waals surface area contributed by atoms with Crippen LogP contribution in [0.15, 0.2) is 24.3 Å². The summed E-state index contributed by atoms with van der Waals surface area (Å²) in [5, 5.41) is 3.32. The van der Waals surface area contributed by atoms with Crippen molar-refractivity contribution >= 4 is 28.2 Å². The zero-order valence-electron chi connectivity index (χ0n) is 13.4. The van der Waals surface area contributed by atoms with E-state index in [2.05, 4.69) is 5.32 Å². The van der Waals surface area contributed by atoms with Crippen LogP contribution >= 0.6 is 11.3 Å². The molecule has 1 aliphatic rings. The lowest BCUT2D eigenvalue weighted by Crippen LogP contribution is -2.15. The normalized spacial score (nSPS) is 12.7. The summed E-state index contributed by atoms with van der Waals surface area (Å²) in [5.74, 6) is -1.16. The number of hydrogen-bond donors (Lipinski definition) is 1. The SMILES string of the molecule is C.CCOC(=O)c1c(NC(=O)c2ccc(F)cc2)sc2c1CCCC2. The Hall–Kier alpha value is -2.21. The molecule has 2 aromatic rings. The minimum absolute atomic E-state index is 0. The zero-order chi connectivity index (χ0) is 17.1. The van der Waals surface area contributed by atoms with Gasteiger partial charge >= 0.3 is 5.97 Å². The van der Waals surface area contributed by atoms with Crippen molar-refractivity contribution in [3.63, 3.8) is 0 Å². The summed E-state index contributed by atoms with van der Waals surface area (Å²) in [4.78, 5) is 25.9. The highest BCUT2D eigenvalue weighted by Gasteiger charge is 2.27. The lowest BCUT2D eigenvalue weighted by molar-refractivity contribution is 0.0526. The van der Waals surface area contributed by atoms with E-state index in [9.17, 15) is 14.0 Å². The maximum Gasteiger partial charge on any atom is 0.341 e. The van der Waals surface area contributed by atoms with Gasteiger partial charge in [0.15, 0.2) is 0 Å². The third-order valence-corrected chi connectivity index (χ3v) is 5.19. The molecule has 134 valence electrons. The van der Waals surface area contributed by atoms with Crippen LogP contribution in [0, 0.1) is 5.82 Å². The van der Waals surface area contributed by atoms with Crippen molar-refractivity contribution in [3.8, 4) is 0 Å². The maximum absolute atomic E-state index is 13.0. The van der Waals surface area contributed by atoms with E-state index in [-0.39, 0.29) is 19.9 Å². The Morgan fingerprint density at radius 2 is 1.88 bits per heavy atom. The first-order chi connectivity index (χ1) is 11.6. The van der Waals surface area contributed by atoms with Gasteiger partial charge in [-0.1, -0.05) is 7.43 Å². The van der Waals surface area contributed by atoms with Crippen molar-refractivity contribution in [2.45, 2.75) is 40.0 Å². The number of halogens is 1. The van der Waals surface area contributed by atoms with Gasteiger partial charge < -0.3 is 10.1 Å². The lowest BCUT2D eigenvalue weighted by Gasteiger charge is -2.12. The smallest absolute Gasteiger partial charge is 0.341 e. The topological polar surface area (TPSA) is 55.4 Å². The molecule has 1 heterocycles. The molecule has 0 atom stereocenters. The Kier molecular flexibility index (Phi) is 6.31. The quantitative estimate of drug-likeness (QED) is 0.792. The summed E-state index contributed by atoms with van der Waals surface area (Å²) in [6.07, 6.45) is 3.85. The molecule has 1 aromatic heterocycles. The van der Waals surface area contributed by atoms with Crippen molar-refractivity contribution in [2.75, 3.05) is 11.9 Å². The van der Waals surface area contributed by atoms with Crippen LogP contribution in [0.5, 0.6) is 0 Å². The molecule has 1 aliphatic carbocycles. The molecule has 0 aliphatic heterocycles. The molecule has 25 heavy (non-hydrogen) atoms. The highest BCUT2D eigenvalue weighted by Crippen LogP contribution is 2.38. The van der Waals surface area contributed by atoms with E-state index in [1.54, 1.807) is 6.92 Å². The Balaban J connectivity index is 0.00000225. The Morgan fingerprint density at radius 1 is 1.20 bits per heavy atom. The molecule has 0 fully saturated rings. The Labute approximate surface area is 151 Å². The van der Waals surface area contributed by atoms with Crippen LogP contribution in [-0.4, -0.2) is 18.5 Å². The van der Waals surface area contributed by atoms with E-state index in [4.69, 9.17) is 4.74 Å². The number of thiophene rings is 1. The highest BCUT2D eigenvalue weighted by molar-refractivity contribution is 7.17. The summed E-state index contributed by atoms with van der Waals surface area (Å²) in [5.41, 5.74) is 1.82. The Morgan fingerprint density at radius 3 is 2.56 bits per heavy atom. The van der Waals surface area contributed by atoms with Gasteiger partial charge in [0.2, 0.25) is 0 Å². The van der Waals surface area contributed by atoms with E-state index in [0.717, 1.165) is 36.1 Å². The van der Waals surface area contributed by atoms with Gasteiger partial charge in [0.25, 0.3) is 5.91 Å². The first-order valence-electron chi connectivity index (χ1n) is 7.98. The van der Waals surface area contributed by atoms with Gasteiger partial charge in [0, 0.05) is 10.4 Å². The molecule has 0 spiro atoms. The van der Waals surface area contributed by atoms with Crippen LogP contribution in [0.1, 0.15) is 58.3 Å². The van der Waals surface area contributed by atoms with Gasteiger partial charge in [0.1, 0.15) is 10.8 Å². The third-order valence-electron chi connectivity index (χ3n) is 3.98. The summed E-state index contributed by atoms with van der Waals surface area (Å²) >= 11 is 1.44. The molecule has 6 heteroatoms. The molecule has 1 aromatic carbocycles. The van der Waals surface area contributed by atoms with Gasteiger partial charge in [-0.05, 0) is 62.4 Å². The number of nitrogens with one attached hydrogen (secondary N) is 1. The molecule has 0 saturated heterocycles.